The van der Waals surface area contributed by atoms with Crippen LogP contribution < -0.4 is 21.1 Å². The van der Waals surface area contributed by atoms with Crippen molar-refractivity contribution >= 4 is 28.1 Å². The number of anilines is 2. The van der Waals surface area contributed by atoms with Gasteiger partial charge in [-0.05, 0) is 44.0 Å². The number of likely N-dealkylation sites (tertiary alicyclic amines) is 1. The van der Waals surface area contributed by atoms with E-state index in [1.165, 1.54) is 24.2 Å². The number of hydrogen-bond donors (Lipinski definition) is 3. The van der Waals surface area contributed by atoms with Crippen molar-refractivity contribution in [2.75, 3.05) is 37.8 Å². The van der Waals surface area contributed by atoms with Crippen molar-refractivity contribution in [2.24, 2.45) is 0 Å². The van der Waals surface area contributed by atoms with Crippen LogP contribution in [-0.2, 0) is 0 Å². The SMILES string of the molecule is CCNC1CCN(C2C=CC(Nc3nc(N)c(C(=O)c4cccc(OC)c4)s3)=CC2)CC1. The van der Waals surface area contributed by atoms with E-state index in [1.54, 1.807) is 31.4 Å². The van der Waals surface area contributed by atoms with Gasteiger partial charge in [-0.1, -0.05) is 42.5 Å². The van der Waals surface area contributed by atoms with Gasteiger partial charge in [-0.15, -0.1) is 0 Å². The van der Waals surface area contributed by atoms with Crippen molar-refractivity contribution in [3.05, 3.63) is 58.6 Å². The Hall–Kier alpha value is -2.68. The molecule has 0 radical (unpaired) electrons. The number of ether oxygens (including phenoxy) is 1. The van der Waals surface area contributed by atoms with E-state index in [0.717, 1.165) is 31.8 Å². The number of carbonyl (C=O) groups is 1. The standard InChI is InChI=1S/C24H31N5O2S/c1-3-26-17-11-13-29(14-12-17)19-9-7-18(8-10-19)27-24-28-23(25)22(32-24)21(30)16-5-4-6-20(15-16)31-2/h4-9,15,17,19,26H,3,10-14,25H2,1-2H3,(H,27,28). The van der Waals surface area contributed by atoms with Crippen molar-refractivity contribution in [3.8, 4) is 5.75 Å². The highest BCUT2D eigenvalue weighted by molar-refractivity contribution is 7.18. The number of methoxy groups -OCH3 is 1. The van der Waals surface area contributed by atoms with E-state index in [-0.39, 0.29) is 11.6 Å². The lowest BCUT2D eigenvalue weighted by Crippen LogP contribution is -2.46. The number of nitrogens with zero attached hydrogens (tertiary/aromatic N) is 2. The van der Waals surface area contributed by atoms with E-state index < -0.39 is 0 Å². The molecule has 170 valence electrons. The maximum atomic E-state index is 12.9. The molecule has 1 aromatic carbocycles. The number of piperidine rings is 1. The highest BCUT2D eigenvalue weighted by atomic mass is 32.1. The number of allylic oxidation sites excluding steroid dienone is 1. The Morgan fingerprint density at radius 3 is 2.84 bits per heavy atom. The molecule has 0 spiro atoms. The van der Waals surface area contributed by atoms with Gasteiger partial charge in [0.05, 0.1) is 7.11 Å². The molecule has 1 aromatic heterocycles. The first kappa shape index (κ1) is 22.5. The minimum Gasteiger partial charge on any atom is -0.497 e. The van der Waals surface area contributed by atoms with Gasteiger partial charge in [-0.3, -0.25) is 9.69 Å². The van der Waals surface area contributed by atoms with Gasteiger partial charge in [0.2, 0.25) is 5.78 Å². The summed E-state index contributed by atoms with van der Waals surface area (Å²) in [6.45, 7) is 5.47. The van der Waals surface area contributed by atoms with Crippen LogP contribution in [0.2, 0.25) is 0 Å². The van der Waals surface area contributed by atoms with E-state index in [9.17, 15) is 4.79 Å². The van der Waals surface area contributed by atoms with Gasteiger partial charge < -0.3 is 21.1 Å². The van der Waals surface area contributed by atoms with Crippen molar-refractivity contribution in [2.45, 2.75) is 38.3 Å². The lowest BCUT2D eigenvalue weighted by molar-refractivity contribution is 0.104. The van der Waals surface area contributed by atoms with Gasteiger partial charge in [0.1, 0.15) is 16.4 Å². The highest BCUT2D eigenvalue weighted by Crippen LogP contribution is 2.30. The lowest BCUT2D eigenvalue weighted by Gasteiger charge is -2.37. The van der Waals surface area contributed by atoms with E-state index in [1.807, 2.05) is 0 Å². The van der Waals surface area contributed by atoms with Crippen LogP contribution >= 0.6 is 11.3 Å². The molecule has 8 heteroatoms. The van der Waals surface area contributed by atoms with Gasteiger partial charge in [0, 0.05) is 36.4 Å². The molecule has 1 atom stereocenters. The fourth-order valence-corrected chi connectivity index (χ4v) is 5.13. The van der Waals surface area contributed by atoms with Gasteiger partial charge in [0.15, 0.2) is 5.13 Å². The third-order valence-corrected chi connectivity index (χ3v) is 7.00. The molecule has 2 aliphatic rings. The fourth-order valence-electron chi connectivity index (χ4n) is 4.26. The maximum Gasteiger partial charge on any atom is 0.206 e. The molecule has 4 rings (SSSR count). The molecule has 7 nitrogen and oxygen atoms in total. The van der Waals surface area contributed by atoms with Gasteiger partial charge in [-0.25, -0.2) is 4.98 Å². The van der Waals surface area contributed by atoms with Crippen molar-refractivity contribution < 1.29 is 9.53 Å². The number of nitrogen functional groups attached to an aromatic ring is 1. The Bertz CT molecular complexity index is 1010. The van der Waals surface area contributed by atoms with Crippen LogP contribution in [0, 0.1) is 0 Å². The van der Waals surface area contributed by atoms with Crippen LogP contribution in [0.3, 0.4) is 0 Å². The number of aromatic nitrogens is 1. The molecule has 1 fully saturated rings. The molecular weight excluding hydrogens is 422 g/mol. The molecule has 4 N–H and O–H groups in total. The number of rotatable bonds is 8. The summed E-state index contributed by atoms with van der Waals surface area (Å²) in [5.41, 5.74) is 7.58. The van der Waals surface area contributed by atoms with E-state index >= 15 is 0 Å². The molecule has 1 saturated heterocycles. The smallest absolute Gasteiger partial charge is 0.206 e. The van der Waals surface area contributed by atoms with Gasteiger partial charge in [0.25, 0.3) is 0 Å². The second kappa shape index (κ2) is 10.3. The summed E-state index contributed by atoms with van der Waals surface area (Å²) in [7, 11) is 1.58. The number of nitrogens with two attached hydrogens (primary N) is 1. The average Bonchev–Trinajstić information content (AvgIpc) is 3.19. The van der Waals surface area contributed by atoms with Gasteiger partial charge >= 0.3 is 0 Å². The first-order valence-corrected chi connectivity index (χ1v) is 12.0. The van der Waals surface area contributed by atoms with Crippen molar-refractivity contribution in [1.29, 1.82) is 0 Å². The quantitative estimate of drug-likeness (QED) is 0.525. The Kier molecular flexibility index (Phi) is 7.24. The Morgan fingerprint density at radius 2 is 2.16 bits per heavy atom. The minimum absolute atomic E-state index is 0.152. The molecule has 1 aliphatic heterocycles. The van der Waals surface area contributed by atoms with E-state index in [2.05, 4.69) is 45.7 Å². The summed E-state index contributed by atoms with van der Waals surface area (Å²) < 4.78 is 5.22. The number of nitrogens with one attached hydrogen (secondary N) is 2. The van der Waals surface area contributed by atoms with Crippen LogP contribution in [0.25, 0.3) is 0 Å². The minimum atomic E-state index is -0.152. The lowest BCUT2D eigenvalue weighted by atomic mass is 9.99. The third kappa shape index (κ3) is 5.20. The summed E-state index contributed by atoms with van der Waals surface area (Å²) >= 11 is 1.27. The zero-order chi connectivity index (χ0) is 22.5. The zero-order valence-corrected chi connectivity index (χ0v) is 19.5. The number of thiazole rings is 1. The molecule has 2 aromatic rings. The predicted molar refractivity (Wildman–Crippen MR) is 130 cm³/mol. The van der Waals surface area contributed by atoms with Crippen LogP contribution in [0.1, 0.15) is 41.4 Å². The monoisotopic (exact) mass is 453 g/mol. The van der Waals surface area contributed by atoms with E-state index in [0.29, 0.717) is 33.4 Å². The largest absolute Gasteiger partial charge is 0.497 e. The topological polar surface area (TPSA) is 92.5 Å². The average molecular weight is 454 g/mol. The Morgan fingerprint density at radius 1 is 1.34 bits per heavy atom. The van der Waals surface area contributed by atoms with Crippen molar-refractivity contribution in [1.82, 2.24) is 15.2 Å². The molecule has 0 saturated carbocycles. The summed E-state index contributed by atoms with van der Waals surface area (Å²) in [4.78, 5) is 20.3. The Labute approximate surface area is 193 Å². The molecule has 0 bridgehead atoms. The second-order valence-electron chi connectivity index (χ2n) is 8.11. The van der Waals surface area contributed by atoms with E-state index in [4.69, 9.17) is 10.5 Å². The fraction of sp³-hybridized carbons (Fsp3) is 0.417. The normalized spacial score (nSPS) is 19.6. The molecule has 2 heterocycles. The first-order chi connectivity index (χ1) is 15.6. The number of hydrogen-bond acceptors (Lipinski definition) is 8. The highest BCUT2D eigenvalue weighted by Gasteiger charge is 2.24. The Balaban J connectivity index is 1.36. The summed E-state index contributed by atoms with van der Waals surface area (Å²) in [5, 5.41) is 7.49. The van der Waals surface area contributed by atoms with Crippen LogP contribution in [-0.4, -0.2) is 54.5 Å². The number of ketones is 1. The third-order valence-electron chi connectivity index (χ3n) is 6.01. The van der Waals surface area contributed by atoms with Crippen LogP contribution in [0.4, 0.5) is 10.9 Å². The number of carbonyl (C=O) groups excluding carboxylic acids is 1. The number of benzene rings is 1. The van der Waals surface area contributed by atoms with Gasteiger partial charge in [-0.2, -0.15) is 0 Å². The first-order valence-electron chi connectivity index (χ1n) is 11.1. The van der Waals surface area contributed by atoms with Crippen molar-refractivity contribution in [3.63, 3.8) is 0 Å². The van der Waals surface area contributed by atoms with Crippen LogP contribution in [0.5, 0.6) is 5.75 Å². The summed E-state index contributed by atoms with van der Waals surface area (Å²) in [6, 6.07) is 8.15. The zero-order valence-electron chi connectivity index (χ0n) is 18.6. The van der Waals surface area contributed by atoms with Crippen LogP contribution in [0.15, 0.2) is 48.2 Å². The predicted octanol–water partition coefficient (Wildman–Crippen LogP) is 3.66. The maximum absolute atomic E-state index is 12.9. The molecule has 1 aliphatic carbocycles. The summed E-state index contributed by atoms with van der Waals surface area (Å²) in [5.74, 6) is 0.725. The molecule has 1 unspecified atom stereocenters. The second-order valence-corrected chi connectivity index (χ2v) is 9.11. The molecule has 32 heavy (non-hydrogen) atoms. The molecule has 0 amide bonds. The summed E-state index contributed by atoms with van der Waals surface area (Å²) in [6.07, 6.45) is 9.93. The molecular formula is C24H31N5O2S.